The zero-order chi connectivity index (χ0) is 23.3. The SMILES string of the molecule is CC(=O)c1nn(CC(=O)N2[C@@H]3CC[C@@H](C3)[C@H]2C(=O)Nc2cccc(Br)n2)c2ccc(N)cc12. The summed E-state index contributed by atoms with van der Waals surface area (Å²) in [5.41, 5.74) is 7.35. The Morgan fingerprint density at radius 2 is 2.03 bits per heavy atom. The molecule has 5 rings (SSSR count). The summed E-state index contributed by atoms with van der Waals surface area (Å²) in [5.74, 6) is -0.0697. The molecule has 0 radical (unpaired) electrons. The molecule has 33 heavy (non-hydrogen) atoms. The van der Waals surface area contributed by atoms with E-state index in [1.165, 1.54) is 11.6 Å². The second kappa shape index (κ2) is 8.26. The lowest BCUT2D eigenvalue weighted by molar-refractivity contribution is -0.141. The van der Waals surface area contributed by atoms with E-state index in [1.807, 2.05) is 0 Å². The van der Waals surface area contributed by atoms with Gasteiger partial charge in [0.25, 0.3) is 0 Å². The number of Topliss-reactive ketones (excluding diaryl/α,β-unsaturated/α-hetero) is 1. The van der Waals surface area contributed by atoms with Crippen LogP contribution in [-0.2, 0) is 16.1 Å². The number of carbonyl (C=O) groups is 3. The molecular weight excluding hydrogens is 488 g/mol. The highest BCUT2D eigenvalue weighted by Crippen LogP contribution is 2.43. The van der Waals surface area contributed by atoms with E-state index in [0.29, 0.717) is 27.0 Å². The molecule has 3 aromatic rings. The quantitative estimate of drug-likeness (QED) is 0.309. The molecule has 10 heteroatoms. The summed E-state index contributed by atoms with van der Waals surface area (Å²) < 4.78 is 2.15. The molecule has 3 atom stereocenters. The van der Waals surface area contributed by atoms with Crippen LogP contribution >= 0.6 is 15.9 Å². The highest BCUT2D eigenvalue weighted by atomic mass is 79.9. The molecule has 2 fully saturated rings. The lowest BCUT2D eigenvalue weighted by atomic mass is 9.97. The van der Waals surface area contributed by atoms with Gasteiger partial charge in [0.15, 0.2) is 5.78 Å². The molecule has 2 aromatic heterocycles. The highest BCUT2D eigenvalue weighted by Gasteiger charge is 2.51. The number of rotatable bonds is 5. The summed E-state index contributed by atoms with van der Waals surface area (Å²) in [4.78, 5) is 44.7. The number of carbonyl (C=O) groups excluding carboxylic acids is 3. The van der Waals surface area contributed by atoms with E-state index in [-0.39, 0.29) is 41.8 Å². The fourth-order valence-corrected chi connectivity index (χ4v) is 5.49. The van der Waals surface area contributed by atoms with Crippen LogP contribution in [0.2, 0.25) is 0 Å². The van der Waals surface area contributed by atoms with Crippen molar-refractivity contribution in [2.45, 2.75) is 44.8 Å². The van der Waals surface area contributed by atoms with Crippen molar-refractivity contribution >= 4 is 55.9 Å². The lowest BCUT2D eigenvalue weighted by Crippen LogP contribution is -2.52. The number of aromatic nitrogens is 3. The molecule has 9 nitrogen and oxygen atoms in total. The molecule has 0 spiro atoms. The number of hydrogen-bond acceptors (Lipinski definition) is 6. The number of anilines is 2. The molecule has 170 valence electrons. The molecule has 1 aromatic carbocycles. The van der Waals surface area contributed by atoms with Gasteiger partial charge in [-0.2, -0.15) is 5.10 Å². The first-order valence-electron chi connectivity index (χ1n) is 10.8. The predicted octanol–water partition coefficient (Wildman–Crippen LogP) is 3.00. The molecule has 2 amide bonds. The van der Waals surface area contributed by atoms with Gasteiger partial charge in [0.2, 0.25) is 11.8 Å². The molecule has 3 N–H and O–H groups in total. The van der Waals surface area contributed by atoms with E-state index >= 15 is 0 Å². The number of nitrogens with one attached hydrogen (secondary N) is 1. The molecule has 0 unspecified atom stereocenters. The average molecular weight is 511 g/mol. The van der Waals surface area contributed by atoms with Crippen LogP contribution in [0.15, 0.2) is 41.0 Å². The lowest BCUT2D eigenvalue weighted by Gasteiger charge is -2.34. The summed E-state index contributed by atoms with van der Waals surface area (Å²) in [5, 5.41) is 7.88. The average Bonchev–Trinajstić information content (AvgIpc) is 3.46. The van der Waals surface area contributed by atoms with Crippen LogP contribution in [0.3, 0.4) is 0 Å². The summed E-state index contributed by atoms with van der Waals surface area (Å²) in [7, 11) is 0. The summed E-state index contributed by atoms with van der Waals surface area (Å²) in [6.45, 7) is 1.38. The molecule has 1 saturated carbocycles. The number of ketones is 1. The van der Waals surface area contributed by atoms with E-state index < -0.39 is 6.04 Å². The molecule has 2 bridgehead atoms. The van der Waals surface area contributed by atoms with Gasteiger partial charge in [-0.05, 0) is 71.4 Å². The highest BCUT2D eigenvalue weighted by molar-refractivity contribution is 9.10. The Balaban J connectivity index is 1.42. The first kappa shape index (κ1) is 21.6. The van der Waals surface area contributed by atoms with E-state index in [0.717, 1.165) is 19.3 Å². The van der Waals surface area contributed by atoms with E-state index in [2.05, 4.69) is 31.3 Å². The van der Waals surface area contributed by atoms with E-state index in [1.54, 1.807) is 41.3 Å². The number of nitrogens with two attached hydrogens (primary N) is 1. The third kappa shape index (κ3) is 3.88. The molecular formula is C23H23BrN6O3. The maximum atomic E-state index is 13.5. The Kier molecular flexibility index (Phi) is 5.40. The minimum Gasteiger partial charge on any atom is -0.399 e. The smallest absolute Gasteiger partial charge is 0.248 e. The van der Waals surface area contributed by atoms with Crippen molar-refractivity contribution in [1.29, 1.82) is 0 Å². The van der Waals surface area contributed by atoms with Crippen LogP contribution in [0.1, 0.15) is 36.7 Å². The van der Waals surface area contributed by atoms with Crippen LogP contribution < -0.4 is 11.1 Å². The molecule has 1 aliphatic carbocycles. The van der Waals surface area contributed by atoms with Crippen LogP contribution in [0.4, 0.5) is 11.5 Å². The van der Waals surface area contributed by atoms with Crippen LogP contribution in [0, 0.1) is 5.92 Å². The minimum absolute atomic E-state index is 0.0264. The van der Waals surface area contributed by atoms with Gasteiger partial charge in [-0.25, -0.2) is 4.98 Å². The first-order valence-corrected chi connectivity index (χ1v) is 11.6. The number of benzene rings is 1. The predicted molar refractivity (Wildman–Crippen MR) is 126 cm³/mol. The van der Waals surface area contributed by atoms with Gasteiger partial charge < -0.3 is 16.0 Å². The minimum atomic E-state index is -0.554. The fourth-order valence-electron chi connectivity index (χ4n) is 5.15. The molecule has 3 heterocycles. The van der Waals surface area contributed by atoms with Crippen molar-refractivity contribution in [3.05, 3.63) is 46.7 Å². The number of likely N-dealkylation sites (tertiary alicyclic amines) is 1. The van der Waals surface area contributed by atoms with Crippen molar-refractivity contribution < 1.29 is 14.4 Å². The number of piperidine rings is 1. The zero-order valence-corrected chi connectivity index (χ0v) is 19.6. The van der Waals surface area contributed by atoms with Crippen molar-refractivity contribution in [1.82, 2.24) is 19.7 Å². The van der Waals surface area contributed by atoms with Crippen molar-refractivity contribution in [2.24, 2.45) is 5.92 Å². The normalized spacial score (nSPS) is 21.5. The number of nitrogen functional groups attached to an aromatic ring is 1. The Bertz CT molecular complexity index is 1290. The number of hydrogen-bond donors (Lipinski definition) is 2. The number of pyridine rings is 1. The second-order valence-corrected chi connectivity index (χ2v) is 9.46. The van der Waals surface area contributed by atoms with Crippen molar-refractivity contribution in [3.63, 3.8) is 0 Å². The Labute approximate surface area is 198 Å². The van der Waals surface area contributed by atoms with Gasteiger partial charge in [-0.1, -0.05) is 6.07 Å². The zero-order valence-electron chi connectivity index (χ0n) is 18.0. The van der Waals surface area contributed by atoms with Gasteiger partial charge in [0, 0.05) is 24.0 Å². The van der Waals surface area contributed by atoms with Crippen molar-refractivity contribution in [3.8, 4) is 0 Å². The number of fused-ring (bicyclic) bond motifs is 3. The summed E-state index contributed by atoms with van der Waals surface area (Å²) >= 11 is 3.31. The number of halogens is 1. The summed E-state index contributed by atoms with van der Waals surface area (Å²) in [6, 6.07) is 9.93. The van der Waals surface area contributed by atoms with Gasteiger partial charge in [0.1, 0.15) is 28.7 Å². The Hall–Kier alpha value is -3.27. The molecule has 2 aliphatic rings. The van der Waals surface area contributed by atoms with Gasteiger partial charge >= 0.3 is 0 Å². The third-order valence-electron chi connectivity index (χ3n) is 6.50. The standard InChI is InChI=1S/C23H23BrN6O3/c1-12(31)21-16-10-14(25)6-8-17(16)29(28-21)11-20(32)30-15-7-5-13(9-15)22(30)23(33)27-19-4-2-3-18(24)26-19/h2-4,6,8,10,13,15,22H,5,7,9,11,25H2,1H3,(H,26,27,33)/t13-,15+,22-/m0/s1. The largest absolute Gasteiger partial charge is 0.399 e. The number of nitrogens with zero attached hydrogens (tertiary/aromatic N) is 4. The number of amides is 2. The van der Waals surface area contributed by atoms with E-state index in [4.69, 9.17) is 5.73 Å². The first-order chi connectivity index (χ1) is 15.8. The molecule has 1 saturated heterocycles. The Morgan fingerprint density at radius 1 is 1.21 bits per heavy atom. The summed E-state index contributed by atoms with van der Waals surface area (Å²) in [6.07, 6.45) is 2.60. The fraction of sp³-hybridized carbons (Fsp3) is 0.348. The maximum Gasteiger partial charge on any atom is 0.248 e. The van der Waals surface area contributed by atoms with Gasteiger partial charge in [-0.15, -0.1) is 0 Å². The second-order valence-electron chi connectivity index (χ2n) is 8.65. The Morgan fingerprint density at radius 3 is 2.79 bits per heavy atom. The monoisotopic (exact) mass is 510 g/mol. The molecule has 1 aliphatic heterocycles. The van der Waals surface area contributed by atoms with E-state index in [9.17, 15) is 14.4 Å². The van der Waals surface area contributed by atoms with Crippen LogP contribution in [0.25, 0.3) is 10.9 Å². The maximum absolute atomic E-state index is 13.5. The topological polar surface area (TPSA) is 123 Å². The van der Waals surface area contributed by atoms with Crippen molar-refractivity contribution in [2.75, 3.05) is 11.1 Å². The van der Waals surface area contributed by atoms with Crippen LogP contribution in [0.5, 0.6) is 0 Å². The van der Waals surface area contributed by atoms with Gasteiger partial charge in [-0.3, -0.25) is 19.1 Å². The van der Waals surface area contributed by atoms with Gasteiger partial charge in [0.05, 0.1) is 5.52 Å². The third-order valence-corrected chi connectivity index (χ3v) is 6.94. The van der Waals surface area contributed by atoms with Crippen LogP contribution in [-0.4, -0.2) is 49.3 Å².